The summed E-state index contributed by atoms with van der Waals surface area (Å²) in [6.45, 7) is 7.38. The number of aromatic nitrogens is 2. The molecule has 162 valence electrons. The maximum absolute atomic E-state index is 12.6. The lowest BCUT2D eigenvalue weighted by Crippen LogP contribution is -2.49. The molecule has 2 rings (SSSR count). The fraction of sp³-hybridized carbons (Fsp3) is 0.667. The van der Waals surface area contributed by atoms with Crippen molar-refractivity contribution in [2.45, 2.75) is 45.4 Å². The van der Waals surface area contributed by atoms with E-state index in [9.17, 15) is 22.8 Å². The van der Waals surface area contributed by atoms with E-state index < -0.39 is 23.4 Å². The fourth-order valence-corrected chi connectivity index (χ4v) is 2.69. The van der Waals surface area contributed by atoms with E-state index in [0.29, 0.717) is 39.1 Å². The van der Waals surface area contributed by atoms with Crippen LogP contribution in [-0.4, -0.2) is 65.2 Å². The van der Waals surface area contributed by atoms with Gasteiger partial charge in [-0.1, -0.05) is 0 Å². The molecule has 0 saturated carbocycles. The smallest absolute Gasteiger partial charge is 0.419 e. The van der Waals surface area contributed by atoms with Crippen LogP contribution in [0.3, 0.4) is 0 Å². The number of amides is 2. The Morgan fingerprint density at radius 1 is 1.10 bits per heavy atom. The molecule has 0 unspecified atom stereocenters. The normalized spacial score (nSPS) is 15.2. The van der Waals surface area contributed by atoms with Crippen LogP contribution in [0.1, 0.15) is 39.2 Å². The first-order valence-corrected chi connectivity index (χ1v) is 9.34. The standard InChI is InChI=1S/C18H26F3N5O3/c1-17(2,3)29-16(28)22-6-4-5-14(27)25-7-9-26(10-8-25)15-23-11-13(12-24-15)18(19,20)21/h11-12H,4-10H2,1-3H3,(H,22,28). The van der Waals surface area contributed by atoms with Crippen LogP contribution in [0.25, 0.3) is 0 Å². The lowest BCUT2D eigenvalue weighted by molar-refractivity contribution is -0.138. The minimum Gasteiger partial charge on any atom is -0.444 e. The SMILES string of the molecule is CC(C)(C)OC(=O)NCCCC(=O)N1CCN(c2ncc(C(F)(F)F)cn2)CC1. The fourth-order valence-electron chi connectivity index (χ4n) is 2.69. The van der Waals surface area contributed by atoms with Gasteiger partial charge >= 0.3 is 12.3 Å². The number of rotatable bonds is 5. The van der Waals surface area contributed by atoms with Crippen LogP contribution in [0.15, 0.2) is 12.4 Å². The number of hydrogen-bond donors (Lipinski definition) is 1. The van der Waals surface area contributed by atoms with E-state index in [0.717, 1.165) is 12.4 Å². The summed E-state index contributed by atoms with van der Waals surface area (Å²) in [4.78, 5) is 34.8. The highest BCUT2D eigenvalue weighted by Crippen LogP contribution is 2.28. The molecule has 2 amide bonds. The van der Waals surface area contributed by atoms with Crippen molar-refractivity contribution in [2.75, 3.05) is 37.6 Å². The Morgan fingerprint density at radius 3 is 2.21 bits per heavy atom. The van der Waals surface area contributed by atoms with Crippen molar-refractivity contribution in [3.63, 3.8) is 0 Å². The zero-order valence-corrected chi connectivity index (χ0v) is 16.8. The summed E-state index contributed by atoms with van der Waals surface area (Å²) in [6.07, 6.45) is -2.70. The van der Waals surface area contributed by atoms with Gasteiger partial charge in [-0.25, -0.2) is 14.8 Å². The van der Waals surface area contributed by atoms with Crippen LogP contribution < -0.4 is 10.2 Å². The predicted octanol–water partition coefficient (Wildman–Crippen LogP) is 2.45. The minimum absolute atomic E-state index is 0.0380. The molecule has 1 saturated heterocycles. The van der Waals surface area contributed by atoms with Crippen molar-refractivity contribution < 1.29 is 27.5 Å². The Kier molecular flexibility index (Phi) is 7.26. The number of hydrogen-bond acceptors (Lipinski definition) is 6. The molecule has 11 heteroatoms. The van der Waals surface area contributed by atoms with Gasteiger partial charge in [-0.05, 0) is 27.2 Å². The molecule has 8 nitrogen and oxygen atoms in total. The van der Waals surface area contributed by atoms with E-state index in [2.05, 4.69) is 15.3 Å². The van der Waals surface area contributed by atoms with Gasteiger partial charge in [0.25, 0.3) is 0 Å². The summed E-state index contributed by atoms with van der Waals surface area (Å²) in [6, 6.07) is 0. The van der Waals surface area contributed by atoms with Crippen LogP contribution >= 0.6 is 0 Å². The first-order chi connectivity index (χ1) is 13.5. The highest BCUT2D eigenvalue weighted by atomic mass is 19.4. The molecule has 1 N–H and O–H groups in total. The molecule has 0 bridgehead atoms. The number of nitrogens with zero attached hydrogens (tertiary/aromatic N) is 4. The number of alkyl halides is 3. The van der Waals surface area contributed by atoms with Crippen molar-refractivity contribution >= 4 is 17.9 Å². The molecule has 2 heterocycles. The maximum Gasteiger partial charge on any atom is 0.419 e. The summed E-state index contributed by atoms with van der Waals surface area (Å²) in [5.41, 5.74) is -1.47. The lowest BCUT2D eigenvalue weighted by atomic mass is 10.2. The minimum atomic E-state index is -4.47. The molecule has 1 fully saturated rings. The predicted molar refractivity (Wildman–Crippen MR) is 99.3 cm³/mol. The number of halogens is 3. The second-order valence-corrected chi connectivity index (χ2v) is 7.67. The highest BCUT2D eigenvalue weighted by Gasteiger charge is 2.32. The Hall–Kier alpha value is -2.59. The van der Waals surface area contributed by atoms with Crippen molar-refractivity contribution in [1.82, 2.24) is 20.2 Å². The number of piperazine rings is 1. The average molecular weight is 417 g/mol. The molecular weight excluding hydrogens is 391 g/mol. The monoisotopic (exact) mass is 417 g/mol. The van der Waals surface area contributed by atoms with Gasteiger partial charge in [-0.3, -0.25) is 4.79 Å². The third-order valence-corrected chi connectivity index (χ3v) is 4.12. The topological polar surface area (TPSA) is 87.7 Å². The van der Waals surface area contributed by atoms with Gasteiger partial charge < -0.3 is 19.9 Å². The van der Waals surface area contributed by atoms with Crippen molar-refractivity contribution in [2.24, 2.45) is 0 Å². The lowest BCUT2D eigenvalue weighted by Gasteiger charge is -2.34. The summed E-state index contributed by atoms with van der Waals surface area (Å²) in [5.74, 6) is 0.177. The van der Waals surface area contributed by atoms with Gasteiger partial charge in [0.2, 0.25) is 11.9 Å². The number of carbonyl (C=O) groups is 2. The van der Waals surface area contributed by atoms with Crippen LogP contribution in [-0.2, 0) is 15.7 Å². The first-order valence-electron chi connectivity index (χ1n) is 9.34. The second kappa shape index (κ2) is 9.27. The van der Waals surface area contributed by atoms with Gasteiger partial charge in [0.05, 0.1) is 5.56 Å². The molecule has 1 aliphatic heterocycles. The van der Waals surface area contributed by atoms with Crippen molar-refractivity contribution in [1.29, 1.82) is 0 Å². The van der Waals surface area contributed by atoms with Crippen molar-refractivity contribution in [3.05, 3.63) is 18.0 Å². The van der Waals surface area contributed by atoms with Gasteiger partial charge in [0.1, 0.15) is 5.60 Å². The third-order valence-electron chi connectivity index (χ3n) is 4.12. The third kappa shape index (κ3) is 7.39. The summed E-state index contributed by atoms with van der Waals surface area (Å²) in [5, 5.41) is 2.60. The Morgan fingerprint density at radius 2 is 1.69 bits per heavy atom. The van der Waals surface area contributed by atoms with Crippen molar-refractivity contribution in [3.8, 4) is 0 Å². The summed E-state index contributed by atoms with van der Waals surface area (Å²) in [7, 11) is 0. The van der Waals surface area contributed by atoms with Crippen LogP contribution in [0.2, 0.25) is 0 Å². The number of carbonyl (C=O) groups excluding carboxylic acids is 2. The molecule has 1 aromatic heterocycles. The Balaban J connectivity index is 1.70. The summed E-state index contributed by atoms with van der Waals surface area (Å²) < 4.78 is 42.9. The number of alkyl carbamates (subject to hydrolysis) is 1. The van der Waals surface area contributed by atoms with Gasteiger partial charge in [-0.2, -0.15) is 13.2 Å². The van der Waals surface area contributed by atoms with E-state index in [-0.39, 0.29) is 18.3 Å². The van der Waals surface area contributed by atoms with E-state index in [1.54, 1.807) is 30.6 Å². The molecule has 1 aliphatic rings. The van der Waals surface area contributed by atoms with E-state index in [1.165, 1.54) is 0 Å². The Bertz CT molecular complexity index is 696. The Labute approximate surface area is 167 Å². The quantitative estimate of drug-likeness (QED) is 0.741. The molecule has 0 aliphatic carbocycles. The summed E-state index contributed by atoms with van der Waals surface area (Å²) >= 11 is 0. The van der Waals surface area contributed by atoms with Crippen LogP contribution in [0.4, 0.5) is 23.9 Å². The van der Waals surface area contributed by atoms with Gasteiger partial charge in [-0.15, -0.1) is 0 Å². The molecule has 0 atom stereocenters. The van der Waals surface area contributed by atoms with Gasteiger partial charge in [0, 0.05) is 51.5 Å². The van der Waals surface area contributed by atoms with E-state index in [4.69, 9.17) is 4.74 Å². The molecule has 0 aromatic carbocycles. The average Bonchev–Trinajstić information content (AvgIpc) is 2.63. The highest BCUT2D eigenvalue weighted by molar-refractivity contribution is 5.76. The van der Waals surface area contributed by atoms with Crippen LogP contribution in [0.5, 0.6) is 0 Å². The zero-order valence-electron chi connectivity index (χ0n) is 16.8. The number of anilines is 1. The zero-order chi connectivity index (χ0) is 21.7. The maximum atomic E-state index is 12.6. The van der Waals surface area contributed by atoms with Crippen LogP contribution in [0, 0.1) is 0 Å². The largest absolute Gasteiger partial charge is 0.444 e. The molecule has 29 heavy (non-hydrogen) atoms. The number of nitrogens with one attached hydrogen (secondary N) is 1. The number of ether oxygens (including phenoxy) is 1. The van der Waals surface area contributed by atoms with E-state index >= 15 is 0 Å². The molecule has 0 spiro atoms. The molecule has 0 radical (unpaired) electrons. The first kappa shape index (κ1) is 22.7. The second-order valence-electron chi connectivity index (χ2n) is 7.67. The molecule has 1 aromatic rings. The van der Waals surface area contributed by atoms with E-state index in [1.807, 2.05) is 0 Å². The molecular formula is C18H26F3N5O3. The van der Waals surface area contributed by atoms with Gasteiger partial charge in [0.15, 0.2) is 0 Å².